The molecule has 17 N–H and O–H groups in total. The van der Waals surface area contributed by atoms with E-state index >= 15 is 4.79 Å². The van der Waals surface area contributed by atoms with E-state index < -0.39 is 133 Å². The van der Waals surface area contributed by atoms with Crippen LogP contribution in [-0.2, 0) is 49.6 Å². The summed E-state index contributed by atoms with van der Waals surface area (Å²) >= 11 is 1.41. The van der Waals surface area contributed by atoms with E-state index in [1.807, 2.05) is 55.3 Å². The van der Waals surface area contributed by atoms with Crippen molar-refractivity contribution in [2.75, 3.05) is 19.7 Å². The number of rotatable bonds is 27. The van der Waals surface area contributed by atoms with Crippen molar-refractivity contribution >= 4 is 80.6 Å². The van der Waals surface area contributed by atoms with Gasteiger partial charge >= 0.3 is 6.03 Å². The fourth-order valence-corrected chi connectivity index (χ4v) is 9.12. The number of amides is 11. The number of urea groups is 1. The Morgan fingerprint density at radius 1 is 0.822 bits per heavy atom. The van der Waals surface area contributed by atoms with E-state index in [1.165, 1.54) is 20.9 Å². The third-order valence-electron chi connectivity index (χ3n) is 12.3. The van der Waals surface area contributed by atoms with Crippen molar-refractivity contribution < 1.29 is 53.1 Å². The first-order valence-corrected chi connectivity index (χ1v) is 24.3. The van der Waals surface area contributed by atoms with Crippen LogP contribution in [0.5, 0.6) is 0 Å². The number of nitrogens with zero attached hydrogens (tertiary/aromatic N) is 4. The molecule has 1 aliphatic heterocycles. The highest BCUT2D eigenvalue weighted by molar-refractivity contribution is 7.17. The molecule has 2 aliphatic rings. The minimum Gasteiger partial charge on any atom is -0.394 e. The molecule has 1 aromatic carbocycles. The largest absolute Gasteiger partial charge is 0.394 e. The van der Waals surface area contributed by atoms with E-state index in [2.05, 4.69) is 42.2 Å². The normalized spacial score (nSPS) is 18.5. The molecular weight excluding hydrogens is 971 g/mol. The number of benzene rings is 1. The number of primary amides is 4. The Kier molecular flexibility index (Phi) is 20.5. The lowest BCUT2D eigenvalue weighted by Crippen LogP contribution is -2.61. The molecule has 2 fully saturated rings. The quantitative estimate of drug-likeness (QED) is 0.0325. The van der Waals surface area contributed by atoms with Gasteiger partial charge in [-0.05, 0) is 66.8 Å². The molecule has 0 spiro atoms. The van der Waals surface area contributed by atoms with Crippen LogP contribution in [0.1, 0.15) is 69.7 Å². The maximum atomic E-state index is 15.1. The number of nitrogens with one attached hydrogen (secondary N) is 6. The van der Waals surface area contributed by atoms with E-state index in [1.54, 1.807) is 20.0 Å². The van der Waals surface area contributed by atoms with Crippen LogP contribution in [0.3, 0.4) is 0 Å². The van der Waals surface area contributed by atoms with Gasteiger partial charge in [0.05, 0.1) is 37.2 Å². The lowest BCUT2D eigenvalue weighted by Gasteiger charge is -2.33. The second-order valence-electron chi connectivity index (χ2n) is 17.7. The molecule has 3 aromatic rings. The van der Waals surface area contributed by atoms with Gasteiger partial charge in [0.1, 0.15) is 36.3 Å². The minimum absolute atomic E-state index is 0.0219. The molecule has 27 heteroatoms. The van der Waals surface area contributed by atoms with E-state index in [0.29, 0.717) is 11.3 Å². The van der Waals surface area contributed by atoms with Crippen LogP contribution < -0.4 is 60.6 Å². The number of aliphatic hydroxyl groups excluding tert-OH is 1. The second-order valence-corrected chi connectivity index (χ2v) is 18.6. The Labute approximate surface area is 424 Å². The van der Waals surface area contributed by atoms with Gasteiger partial charge in [-0.3, -0.25) is 43.2 Å². The van der Waals surface area contributed by atoms with E-state index in [9.17, 15) is 48.3 Å². The maximum Gasteiger partial charge on any atom is 0.312 e. The molecule has 5 radical (unpaired) electrons. The molecule has 393 valence electrons. The number of carbonyl (C=O) groups excluding carboxylic acids is 10. The SMILES string of the molecule is CC[C@H](C)[C@H](NC(=O)[C@H](CC(N)=O)NC(=O)[C@H](CC(N)=O)NC(=O)[C@@H](N)CCCNC(N)=O)C(=O)N1C[C@@H](n2cc([C]3[CH][CH][CH][CH]3)nn2)C[C@H]1C(=O)N[C@H](Cc1csc2ccccc12)C(=O)N[C@@H](CO)C(N)=O. The molecule has 11 amide bonds. The Balaban J connectivity index is 1.43. The summed E-state index contributed by atoms with van der Waals surface area (Å²) in [5, 5.41) is 35.8. The first kappa shape index (κ1) is 56.7. The summed E-state index contributed by atoms with van der Waals surface area (Å²) in [7, 11) is 0. The van der Waals surface area contributed by atoms with Gasteiger partial charge in [0.25, 0.3) is 0 Å². The topological polar surface area (TPSA) is 427 Å². The Bertz CT molecular complexity index is 2500. The first-order chi connectivity index (χ1) is 34.7. The van der Waals surface area contributed by atoms with Crippen LogP contribution in [-0.4, -0.2) is 146 Å². The average Bonchev–Trinajstić information content (AvgIpc) is 4.20. The third-order valence-corrected chi connectivity index (χ3v) is 13.4. The number of hydrogen-bond acceptors (Lipinski definition) is 15. The number of aliphatic hydroxyl groups is 1. The number of thiophene rings is 1. The van der Waals surface area contributed by atoms with Crippen LogP contribution in [0.2, 0.25) is 0 Å². The van der Waals surface area contributed by atoms with Gasteiger partial charge in [0, 0.05) is 42.7 Å². The zero-order chi connectivity index (χ0) is 53.5. The van der Waals surface area contributed by atoms with Gasteiger partial charge in [-0.2, -0.15) is 0 Å². The Morgan fingerprint density at radius 3 is 2.05 bits per heavy atom. The maximum absolute atomic E-state index is 15.1. The molecular formula is C46H62N15O11S. The fourth-order valence-electron chi connectivity index (χ4n) is 8.15. The zero-order valence-electron chi connectivity index (χ0n) is 40.2. The van der Waals surface area contributed by atoms with Crippen molar-refractivity contribution in [1.29, 1.82) is 0 Å². The van der Waals surface area contributed by atoms with Gasteiger partial charge < -0.3 is 70.6 Å². The molecule has 2 aromatic heterocycles. The molecule has 26 nitrogen and oxygen atoms in total. The second kappa shape index (κ2) is 26.4. The molecule has 0 bridgehead atoms. The van der Waals surface area contributed by atoms with Crippen LogP contribution >= 0.6 is 11.3 Å². The van der Waals surface area contributed by atoms with Gasteiger partial charge in [0.2, 0.25) is 53.2 Å². The lowest BCUT2D eigenvalue weighted by atomic mass is 9.96. The van der Waals surface area contributed by atoms with Crippen LogP contribution in [0.15, 0.2) is 35.8 Å². The number of likely N-dealkylation sites (tertiary alicyclic amines) is 1. The summed E-state index contributed by atoms with van der Waals surface area (Å²) in [5.74, 6) is -8.55. The molecule has 0 unspecified atom stereocenters. The smallest absolute Gasteiger partial charge is 0.312 e. The van der Waals surface area contributed by atoms with Crippen LogP contribution in [0, 0.1) is 37.5 Å². The van der Waals surface area contributed by atoms with Crippen molar-refractivity contribution in [1.82, 2.24) is 51.8 Å². The van der Waals surface area contributed by atoms with Gasteiger partial charge in [0.15, 0.2) is 0 Å². The molecule has 5 rings (SSSR count). The number of fused-ring (bicyclic) bond motifs is 1. The van der Waals surface area contributed by atoms with Gasteiger partial charge in [-0.1, -0.05) is 43.7 Å². The molecule has 1 saturated heterocycles. The molecule has 1 saturated carbocycles. The first-order valence-electron chi connectivity index (χ1n) is 23.4. The summed E-state index contributed by atoms with van der Waals surface area (Å²) in [4.78, 5) is 133. The highest BCUT2D eigenvalue weighted by Crippen LogP contribution is 2.33. The van der Waals surface area contributed by atoms with Gasteiger partial charge in [-0.25, -0.2) is 9.48 Å². The third kappa shape index (κ3) is 15.6. The van der Waals surface area contributed by atoms with Crippen molar-refractivity contribution in [2.24, 2.45) is 34.6 Å². The molecule has 1 aliphatic carbocycles. The number of carbonyl (C=O) groups is 10. The summed E-state index contributed by atoms with van der Waals surface area (Å²) in [6.45, 7) is 2.48. The number of aromatic nitrogens is 3. The molecule has 73 heavy (non-hydrogen) atoms. The van der Waals surface area contributed by atoms with Gasteiger partial charge in [-0.15, -0.1) is 16.4 Å². The summed E-state index contributed by atoms with van der Waals surface area (Å²) in [6.07, 6.45) is 7.72. The zero-order valence-corrected chi connectivity index (χ0v) is 41.0. The monoisotopic (exact) mass is 1030 g/mol. The van der Waals surface area contributed by atoms with Crippen molar-refractivity contribution in [3.8, 4) is 0 Å². The standard InChI is InChI=1S/C46H62N15O11S/c1-3-23(2)38(57-43(69)31(18-37(49)64)54-42(68)30(17-36(48)63)53-40(66)28(47)12-8-14-52-46(51)72)45(71)60-19-26(61-20-32(58-59-61)24-9-4-5-10-24)16-34(60)44(70)55-29(41(67)56-33(21-62)39(50)65)15-25-22-73-35-13-7-6-11-27(25)35/h4-7,9-11,13,20,22-23,26,28-31,33-34,38,62H,3,8,12,14-19,21,47H2,1-2H3,(H2,48,63)(H2,49,64)(H2,50,65)(H,53,66)(H,54,68)(H,55,70)(H,56,67)(H,57,69)(H3,51,52,72)/t23-,26-,28-,29+,30-,31-,33-,34-,38-/m0/s1. The molecule has 9 atom stereocenters. The van der Waals surface area contributed by atoms with E-state index in [0.717, 1.165) is 16.0 Å². The Morgan fingerprint density at radius 2 is 1.44 bits per heavy atom. The Hall–Kier alpha value is -7.26. The highest BCUT2D eigenvalue weighted by Gasteiger charge is 2.46. The summed E-state index contributed by atoms with van der Waals surface area (Å²) in [6, 6.07) is -4.44. The van der Waals surface area contributed by atoms with E-state index in [4.69, 9.17) is 28.7 Å². The van der Waals surface area contributed by atoms with E-state index in [-0.39, 0.29) is 45.2 Å². The predicted molar refractivity (Wildman–Crippen MR) is 262 cm³/mol. The minimum atomic E-state index is -1.78. The predicted octanol–water partition coefficient (Wildman–Crippen LogP) is -3.89. The number of nitrogens with two attached hydrogens (primary N) is 5. The number of hydrogen-bond donors (Lipinski definition) is 12. The summed E-state index contributed by atoms with van der Waals surface area (Å²) < 4.78 is 2.40. The summed E-state index contributed by atoms with van der Waals surface area (Å²) in [5.41, 5.74) is 28.5. The van der Waals surface area contributed by atoms with Crippen LogP contribution in [0.4, 0.5) is 4.79 Å². The van der Waals surface area contributed by atoms with Crippen LogP contribution in [0.25, 0.3) is 10.1 Å². The fraction of sp³-hybridized carbons (Fsp3) is 0.457. The van der Waals surface area contributed by atoms with Crippen molar-refractivity contribution in [2.45, 2.75) is 107 Å². The van der Waals surface area contributed by atoms with Crippen molar-refractivity contribution in [3.63, 3.8) is 0 Å². The average molecular weight is 1030 g/mol. The lowest BCUT2D eigenvalue weighted by molar-refractivity contribution is -0.144. The van der Waals surface area contributed by atoms with Crippen molar-refractivity contribution in [3.05, 3.63) is 78.7 Å². The molecule has 3 heterocycles. The highest BCUT2D eigenvalue weighted by atomic mass is 32.1.